The fourth-order valence-corrected chi connectivity index (χ4v) is 7.72. The molecular weight excluding hydrogens is 885 g/mol. The van der Waals surface area contributed by atoms with Gasteiger partial charge in [-0.2, -0.15) is 0 Å². The van der Waals surface area contributed by atoms with Crippen molar-refractivity contribution in [3.63, 3.8) is 0 Å². The number of amides is 7. The number of epoxide rings is 1. The largest absolute Gasteiger partial charge is 0.459 e. The molecule has 0 unspecified atom stereocenters. The number of hydrogen-bond acceptors (Lipinski definition) is 14. The van der Waals surface area contributed by atoms with Gasteiger partial charge in [-0.1, -0.05) is 56.7 Å². The summed E-state index contributed by atoms with van der Waals surface area (Å²) >= 11 is 0. The van der Waals surface area contributed by atoms with Crippen LogP contribution in [0.5, 0.6) is 0 Å². The van der Waals surface area contributed by atoms with Crippen molar-refractivity contribution in [2.45, 2.75) is 154 Å². The van der Waals surface area contributed by atoms with Crippen LogP contribution in [0.25, 0.3) is 0 Å². The number of nitrogens with one attached hydrogen (secondary N) is 6. The molecule has 3 aliphatic rings. The van der Waals surface area contributed by atoms with Crippen LogP contribution >= 0.6 is 0 Å². The van der Waals surface area contributed by atoms with Crippen molar-refractivity contribution in [3.8, 4) is 0 Å². The predicted molar refractivity (Wildman–Crippen MR) is 249 cm³/mol. The van der Waals surface area contributed by atoms with Crippen LogP contribution in [0.3, 0.4) is 0 Å². The number of hydrogen-bond donors (Lipinski definition) is 9. The van der Waals surface area contributed by atoms with Crippen LogP contribution in [0.15, 0.2) is 60.2 Å². The molecule has 0 radical (unpaired) electrons. The topological polar surface area (TPSA) is 313 Å². The molecule has 68 heavy (non-hydrogen) atoms. The van der Waals surface area contributed by atoms with E-state index >= 15 is 0 Å². The second kappa shape index (κ2) is 26.0. The summed E-state index contributed by atoms with van der Waals surface area (Å²) in [5.41, 5.74) is 16.7. The average Bonchev–Trinajstić information content (AvgIpc) is 4.05. The zero-order valence-electron chi connectivity index (χ0n) is 39.9. The number of urea groups is 1. The third kappa shape index (κ3) is 18.0. The van der Waals surface area contributed by atoms with Crippen molar-refractivity contribution >= 4 is 47.4 Å². The zero-order chi connectivity index (χ0) is 50.1. The lowest BCUT2D eigenvalue weighted by molar-refractivity contribution is -0.146. The van der Waals surface area contributed by atoms with Crippen LogP contribution in [0, 0.1) is 11.8 Å². The van der Waals surface area contributed by atoms with Gasteiger partial charge in [0.25, 0.3) is 0 Å². The molecule has 21 nitrogen and oxygen atoms in total. The highest BCUT2D eigenvalue weighted by Gasteiger charge is 2.58. The van der Waals surface area contributed by atoms with Crippen LogP contribution in [-0.4, -0.2) is 120 Å². The van der Waals surface area contributed by atoms with E-state index in [1.54, 1.807) is 51.1 Å². The highest BCUT2D eigenvalue weighted by Crippen LogP contribution is 2.43. The predicted octanol–water partition coefficient (Wildman–Crippen LogP) is 2.18. The number of esters is 1. The summed E-state index contributed by atoms with van der Waals surface area (Å²) in [7, 11) is 0. The summed E-state index contributed by atoms with van der Waals surface area (Å²) in [4.78, 5) is 85.8. The van der Waals surface area contributed by atoms with Gasteiger partial charge in [-0.25, -0.2) is 15.0 Å². The maximum Gasteiger partial charge on any atom is 0.426 e. The van der Waals surface area contributed by atoms with E-state index in [-0.39, 0.29) is 68.4 Å². The first-order valence-corrected chi connectivity index (χ1v) is 23.0. The van der Waals surface area contributed by atoms with Gasteiger partial charge >= 0.3 is 18.1 Å². The molecule has 3 saturated heterocycles. The van der Waals surface area contributed by atoms with Crippen molar-refractivity contribution in [3.05, 3.63) is 65.8 Å². The summed E-state index contributed by atoms with van der Waals surface area (Å²) in [6.45, 7) is 12.8. The first kappa shape index (κ1) is 54.7. The molecule has 376 valence electrons. The number of anilines is 1. The number of benzene rings is 1. The maximum atomic E-state index is 13.1. The second-order valence-corrected chi connectivity index (χ2v) is 18.1. The first-order chi connectivity index (χ1) is 32.1. The van der Waals surface area contributed by atoms with E-state index in [1.807, 2.05) is 26.0 Å². The van der Waals surface area contributed by atoms with E-state index in [2.05, 4.69) is 39.0 Å². The number of ether oxygens (including phenoxy) is 5. The molecule has 0 bridgehead atoms. The van der Waals surface area contributed by atoms with E-state index < -0.39 is 77.9 Å². The number of allylic oxidation sites excluding steroid dienone is 2. The average molecular weight is 955 g/mol. The fourth-order valence-electron chi connectivity index (χ4n) is 7.72. The Bertz CT molecular complexity index is 2010. The molecule has 21 heteroatoms. The van der Waals surface area contributed by atoms with Crippen LogP contribution in [-0.2, 0) is 54.3 Å². The molecule has 0 aromatic heterocycles. The highest BCUT2D eigenvalue weighted by molar-refractivity contribution is 5.98. The Morgan fingerprint density at radius 1 is 0.985 bits per heavy atom. The molecule has 3 aliphatic heterocycles. The number of carbonyl (C=O) groups excluding carboxylic acids is 7. The lowest BCUT2D eigenvalue weighted by Crippen LogP contribution is -2.51. The summed E-state index contributed by atoms with van der Waals surface area (Å²) in [5, 5.41) is 22.0. The Hall–Kier alpha value is -5.87. The lowest BCUT2D eigenvalue weighted by Gasteiger charge is -2.39. The van der Waals surface area contributed by atoms with E-state index in [0.29, 0.717) is 37.1 Å². The normalized spacial score (nSPS) is 26.0. The molecule has 11 atom stereocenters. The fraction of sp³-hybridized carbons (Fsp3) is 0.596. The number of primary amides is 1. The molecule has 11 N–H and O–H groups in total. The summed E-state index contributed by atoms with van der Waals surface area (Å²) in [6.07, 6.45) is 6.44. The molecule has 1 aromatic carbocycles. The Morgan fingerprint density at radius 3 is 2.34 bits per heavy atom. The standard InChI is InChI=1S/C47H70N8O13/c1-26(2)41(48)44(61)53-35(9-8-20-50-45(49)62)43(60)51-33-15-13-32(14-16-33)24-64-46(63)55-54-40(58)22-34-23-47(25-65-47)42(59)38(68-34)18-11-27(3)10-17-37-28(4)21-36(30(6)67-37)52-39(57)19-12-29(5)66-31(7)56/h10-16,18-19,26,28-30,34-38,41-42,59H,8-9,17,20-25,48H2,1-7H3,(H,51,60)(H,52,57)(H,53,61)(H,54,58)(H,55,63)(H3,49,50,62)/b18-11+,19-12-,27-10+/t28-,29-,30+,34+,35-,36+,37-,38+,41-,42+,47+/m0/s1. The van der Waals surface area contributed by atoms with Crippen molar-refractivity contribution < 1.29 is 62.4 Å². The molecule has 4 rings (SSSR count). The van der Waals surface area contributed by atoms with Crippen molar-refractivity contribution in [2.75, 3.05) is 18.5 Å². The summed E-state index contributed by atoms with van der Waals surface area (Å²) in [5.74, 6) is -2.26. The van der Waals surface area contributed by atoms with Gasteiger partial charge in [0, 0.05) is 31.7 Å². The summed E-state index contributed by atoms with van der Waals surface area (Å²) < 4.78 is 28.4. The lowest BCUT2D eigenvalue weighted by atomic mass is 9.87. The van der Waals surface area contributed by atoms with Gasteiger partial charge in [-0.05, 0) is 82.1 Å². The molecule has 3 heterocycles. The Kier molecular flexibility index (Phi) is 21.0. The number of rotatable bonds is 21. The van der Waals surface area contributed by atoms with E-state index in [1.165, 1.54) is 19.1 Å². The first-order valence-electron chi connectivity index (χ1n) is 23.0. The van der Waals surface area contributed by atoms with Crippen LogP contribution in [0.1, 0.15) is 92.6 Å². The van der Waals surface area contributed by atoms with Crippen molar-refractivity contribution in [1.82, 2.24) is 26.8 Å². The molecule has 1 spiro atoms. The maximum absolute atomic E-state index is 13.1. The van der Waals surface area contributed by atoms with E-state index in [9.17, 15) is 38.7 Å². The van der Waals surface area contributed by atoms with Gasteiger partial charge in [-0.15, -0.1) is 0 Å². The van der Waals surface area contributed by atoms with E-state index in [0.717, 1.165) is 5.57 Å². The summed E-state index contributed by atoms with van der Waals surface area (Å²) in [6, 6.07) is 3.78. The van der Waals surface area contributed by atoms with Crippen molar-refractivity contribution in [2.24, 2.45) is 23.3 Å². The third-order valence-electron chi connectivity index (χ3n) is 11.9. The Morgan fingerprint density at radius 2 is 1.69 bits per heavy atom. The van der Waals surface area contributed by atoms with E-state index in [4.69, 9.17) is 35.2 Å². The number of carbonyl (C=O) groups is 7. The van der Waals surface area contributed by atoms with Gasteiger partial charge in [0.2, 0.25) is 23.6 Å². The molecule has 7 amide bonds. The molecule has 0 aliphatic carbocycles. The molecule has 0 saturated carbocycles. The smallest absolute Gasteiger partial charge is 0.426 e. The Balaban J connectivity index is 1.20. The van der Waals surface area contributed by atoms with Gasteiger partial charge in [-0.3, -0.25) is 29.4 Å². The molecule has 1 aromatic rings. The minimum atomic E-state index is -0.958. The van der Waals surface area contributed by atoms with Crippen LogP contribution < -0.4 is 43.6 Å². The zero-order valence-corrected chi connectivity index (χ0v) is 39.9. The second-order valence-electron chi connectivity index (χ2n) is 18.1. The van der Waals surface area contributed by atoms with Crippen molar-refractivity contribution in [1.29, 1.82) is 0 Å². The third-order valence-corrected chi connectivity index (χ3v) is 11.9. The van der Waals surface area contributed by atoms with Gasteiger partial charge in [0.05, 0.1) is 43.4 Å². The Labute approximate surface area is 397 Å². The quantitative estimate of drug-likeness (QED) is 0.0213. The number of aliphatic hydroxyl groups excluding tert-OH is 1. The molecule has 3 fully saturated rings. The number of aliphatic hydroxyl groups is 1. The number of hydrazine groups is 1. The van der Waals surface area contributed by atoms with Gasteiger partial charge in [0.1, 0.15) is 36.6 Å². The minimum Gasteiger partial charge on any atom is -0.459 e. The SMILES string of the molecule is CC(=O)O[C@@H](C)/C=C\C(=O)N[C@@H]1C[C@H](C)[C@H](C/C=C(C)/C=C/[C@H]2O[C@H](CC(=O)NNC(=O)OCc3ccc(NC(=O)[C@H](CCCNC(N)=O)NC(=O)[C@@H](N)C(C)C)cc3)C[C@@]3(CO3)[C@@H]2O)O[C@@H]1C. The molecular formula is C47H70N8O13. The van der Waals surface area contributed by atoms with Crippen LogP contribution in [0.2, 0.25) is 0 Å². The highest BCUT2D eigenvalue weighted by atomic mass is 16.6. The number of nitrogens with two attached hydrogens (primary N) is 2. The van der Waals surface area contributed by atoms with Gasteiger partial charge in [0.15, 0.2) is 0 Å². The van der Waals surface area contributed by atoms with Gasteiger partial charge < -0.3 is 61.5 Å². The van der Waals surface area contributed by atoms with Crippen LogP contribution in [0.4, 0.5) is 15.3 Å². The monoisotopic (exact) mass is 955 g/mol. The minimum absolute atomic E-state index is 0.0859.